The van der Waals surface area contributed by atoms with E-state index in [4.69, 9.17) is 0 Å². The lowest BCUT2D eigenvalue weighted by Gasteiger charge is -2.37. The molecular formula is C12H12O6. The van der Waals surface area contributed by atoms with Crippen molar-refractivity contribution in [2.45, 2.75) is 11.6 Å². The molecule has 2 rings (SSSR count). The van der Waals surface area contributed by atoms with Gasteiger partial charge in [0.05, 0.1) is 0 Å². The first-order valence-electron chi connectivity index (χ1n) is 5.08. The number of hydrogen-bond donors (Lipinski definition) is 6. The maximum atomic E-state index is 9.71. The summed E-state index contributed by atoms with van der Waals surface area (Å²) >= 11 is 0. The molecule has 0 bridgehead atoms. The minimum Gasteiger partial charge on any atom is -0.507 e. The molecule has 0 amide bonds. The average molecular weight is 252 g/mol. The third kappa shape index (κ3) is 1.59. The summed E-state index contributed by atoms with van der Waals surface area (Å²) < 4.78 is 0. The molecule has 18 heavy (non-hydrogen) atoms. The van der Waals surface area contributed by atoms with Gasteiger partial charge in [-0.1, -0.05) is 30.3 Å². The molecule has 0 radical (unpaired) electrons. The average Bonchev–Trinajstić information content (AvgIpc) is 2.34. The maximum Gasteiger partial charge on any atom is 0.287 e. The standard InChI is InChI=1S/C12H12O6/c13-9-6-8(7-4-2-1-3-5-7)10(14)12(17,18)11(9,15)16/h1-6,13-18H. The molecule has 6 heteroatoms. The summed E-state index contributed by atoms with van der Waals surface area (Å²) in [6.45, 7) is 0. The highest BCUT2D eigenvalue weighted by atomic mass is 16.6. The minimum atomic E-state index is -3.39. The van der Waals surface area contributed by atoms with E-state index in [9.17, 15) is 30.6 Å². The molecule has 1 aliphatic carbocycles. The van der Waals surface area contributed by atoms with E-state index in [2.05, 4.69) is 0 Å². The highest BCUT2D eigenvalue weighted by Gasteiger charge is 2.57. The second kappa shape index (κ2) is 3.82. The molecule has 0 spiro atoms. The Hall–Kier alpha value is -1.86. The summed E-state index contributed by atoms with van der Waals surface area (Å²) in [6, 6.07) is 8.08. The molecule has 0 unspecified atom stereocenters. The van der Waals surface area contributed by atoms with E-state index < -0.39 is 23.1 Å². The Labute approximate surface area is 102 Å². The molecule has 6 N–H and O–H groups in total. The molecule has 0 aliphatic heterocycles. The number of aliphatic hydroxyl groups is 6. The van der Waals surface area contributed by atoms with Crippen molar-refractivity contribution in [3.63, 3.8) is 0 Å². The number of hydrogen-bond acceptors (Lipinski definition) is 6. The van der Waals surface area contributed by atoms with Crippen LogP contribution in [-0.4, -0.2) is 42.2 Å². The fraction of sp³-hybridized carbons (Fsp3) is 0.167. The van der Waals surface area contributed by atoms with Crippen LogP contribution in [0.5, 0.6) is 0 Å². The van der Waals surface area contributed by atoms with Gasteiger partial charge in [0.1, 0.15) is 0 Å². The molecule has 0 heterocycles. The van der Waals surface area contributed by atoms with E-state index >= 15 is 0 Å². The van der Waals surface area contributed by atoms with Crippen LogP contribution in [0.1, 0.15) is 5.56 Å². The van der Waals surface area contributed by atoms with Gasteiger partial charge in [-0.15, -0.1) is 0 Å². The Morgan fingerprint density at radius 2 is 1.33 bits per heavy atom. The van der Waals surface area contributed by atoms with Crippen molar-refractivity contribution in [2.75, 3.05) is 0 Å². The topological polar surface area (TPSA) is 121 Å². The molecule has 1 aromatic rings. The number of allylic oxidation sites excluding steroid dienone is 2. The molecular weight excluding hydrogens is 240 g/mol. The zero-order chi connectivity index (χ0) is 13.6. The first-order chi connectivity index (χ1) is 8.28. The zero-order valence-corrected chi connectivity index (χ0v) is 9.15. The van der Waals surface area contributed by atoms with E-state index in [1.165, 1.54) is 0 Å². The largest absolute Gasteiger partial charge is 0.507 e. The van der Waals surface area contributed by atoms with Gasteiger partial charge in [-0.2, -0.15) is 0 Å². The summed E-state index contributed by atoms with van der Waals surface area (Å²) in [6.07, 6.45) is 0.857. The zero-order valence-electron chi connectivity index (χ0n) is 9.15. The van der Waals surface area contributed by atoms with Gasteiger partial charge < -0.3 is 30.6 Å². The van der Waals surface area contributed by atoms with Crippen LogP contribution in [0.4, 0.5) is 0 Å². The smallest absolute Gasteiger partial charge is 0.287 e. The Morgan fingerprint density at radius 1 is 0.778 bits per heavy atom. The van der Waals surface area contributed by atoms with Gasteiger partial charge in [-0.25, -0.2) is 0 Å². The predicted molar refractivity (Wildman–Crippen MR) is 61.0 cm³/mol. The van der Waals surface area contributed by atoms with Crippen LogP contribution in [0.25, 0.3) is 5.57 Å². The van der Waals surface area contributed by atoms with Crippen LogP contribution in [0.15, 0.2) is 47.9 Å². The van der Waals surface area contributed by atoms with Crippen LogP contribution in [0, 0.1) is 0 Å². The lowest BCUT2D eigenvalue weighted by atomic mass is 9.88. The second-order valence-corrected chi connectivity index (χ2v) is 4.00. The predicted octanol–water partition coefficient (Wildman–Crippen LogP) is -0.227. The Balaban J connectivity index is 2.63. The maximum absolute atomic E-state index is 9.71. The van der Waals surface area contributed by atoms with Crippen LogP contribution in [-0.2, 0) is 0 Å². The molecule has 0 aromatic heterocycles. The quantitative estimate of drug-likeness (QED) is 0.384. The summed E-state index contributed by atoms with van der Waals surface area (Å²) in [5, 5.41) is 56.9. The van der Waals surface area contributed by atoms with E-state index in [-0.39, 0.29) is 5.57 Å². The second-order valence-electron chi connectivity index (χ2n) is 4.00. The van der Waals surface area contributed by atoms with Gasteiger partial charge in [-0.3, -0.25) is 0 Å². The first kappa shape index (κ1) is 12.6. The molecule has 0 fully saturated rings. The lowest BCUT2D eigenvalue weighted by Crippen LogP contribution is -2.58. The van der Waals surface area contributed by atoms with E-state index in [1.54, 1.807) is 30.3 Å². The van der Waals surface area contributed by atoms with Crippen LogP contribution < -0.4 is 0 Å². The normalized spacial score (nSPS) is 21.7. The van der Waals surface area contributed by atoms with Crippen LogP contribution in [0.3, 0.4) is 0 Å². The van der Waals surface area contributed by atoms with Crippen molar-refractivity contribution in [3.05, 3.63) is 53.5 Å². The molecule has 1 aromatic carbocycles. The first-order valence-corrected chi connectivity index (χ1v) is 5.08. The molecule has 0 atom stereocenters. The fourth-order valence-corrected chi connectivity index (χ4v) is 1.67. The third-order valence-corrected chi connectivity index (χ3v) is 2.79. The Kier molecular flexibility index (Phi) is 2.67. The van der Waals surface area contributed by atoms with E-state index in [0.717, 1.165) is 6.08 Å². The molecule has 6 nitrogen and oxygen atoms in total. The third-order valence-electron chi connectivity index (χ3n) is 2.79. The van der Waals surface area contributed by atoms with Crippen molar-refractivity contribution in [1.82, 2.24) is 0 Å². The monoisotopic (exact) mass is 252 g/mol. The van der Waals surface area contributed by atoms with Crippen molar-refractivity contribution < 1.29 is 30.6 Å². The molecule has 96 valence electrons. The number of rotatable bonds is 1. The van der Waals surface area contributed by atoms with Crippen molar-refractivity contribution >= 4 is 5.57 Å². The summed E-state index contributed by atoms with van der Waals surface area (Å²) in [7, 11) is 0. The molecule has 0 saturated carbocycles. The molecule has 1 aliphatic rings. The summed E-state index contributed by atoms with van der Waals surface area (Å²) in [5.74, 6) is -8.90. The van der Waals surface area contributed by atoms with Crippen LogP contribution >= 0.6 is 0 Å². The molecule has 0 saturated heterocycles. The summed E-state index contributed by atoms with van der Waals surface area (Å²) in [4.78, 5) is 0. The van der Waals surface area contributed by atoms with Gasteiger partial charge in [0.2, 0.25) is 0 Å². The number of benzene rings is 1. The van der Waals surface area contributed by atoms with E-state index in [1.807, 2.05) is 0 Å². The highest BCUT2D eigenvalue weighted by Crippen LogP contribution is 2.39. The van der Waals surface area contributed by atoms with Gasteiger partial charge in [0.25, 0.3) is 11.6 Å². The minimum absolute atomic E-state index is 0.114. The Morgan fingerprint density at radius 3 is 1.89 bits per heavy atom. The number of aliphatic hydroxyl groups excluding tert-OH is 2. The van der Waals surface area contributed by atoms with Crippen molar-refractivity contribution in [1.29, 1.82) is 0 Å². The Bertz CT molecular complexity index is 527. The van der Waals surface area contributed by atoms with Crippen molar-refractivity contribution in [2.24, 2.45) is 0 Å². The van der Waals surface area contributed by atoms with Gasteiger partial charge in [0, 0.05) is 5.57 Å². The SMILES string of the molecule is OC1=CC(c2ccccc2)=C(O)C(O)(O)C1(O)O. The van der Waals surface area contributed by atoms with Gasteiger partial charge >= 0.3 is 0 Å². The van der Waals surface area contributed by atoms with E-state index in [0.29, 0.717) is 5.56 Å². The van der Waals surface area contributed by atoms with Gasteiger partial charge in [0.15, 0.2) is 11.5 Å². The lowest BCUT2D eigenvalue weighted by molar-refractivity contribution is -0.339. The summed E-state index contributed by atoms with van der Waals surface area (Å²) in [5.41, 5.74) is 0.265. The highest BCUT2D eigenvalue weighted by molar-refractivity contribution is 5.78. The van der Waals surface area contributed by atoms with Crippen molar-refractivity contribution in [3.8, 4) is 0 Å². The van der Waals surface area contributed by atoms with Crippen LogP contribution in [0.2, 0.25) is 0 Å². The van der Waals surface area contributed by atoms with Gasteiger partial charge in [-0.05, 0) is 11.6 Å². The fourth-order valence-electron chi connectivity index (χ4n) is 1.67.